The van der Waals surface area contributed by atoms with E-state index in [0.717, 1.165) is 56.8 Å². The molecular weight excluding hydrogens is 388 g/mol. The second-order valence-electron chi connectivity index (χ2n) is 9.47. The Bertz CT molecular complexity index is 717. The van der Waals surface area contributed by atoms with Gasteiger partial charge in [-0.3, -0.25) is 14.5 Å². The number of fused-ring (bicyclic) bond motifs is 1. The lowest BCUT2D eigenvalue weighted by atomic mass is 10.0. The monoisotopic (exact) mass is 430 g/mol. The molecule has 2 amide bonds. The summed E-state index contributed by atoms with van der Waals surface area (Å²) in [6.07, 6.45) is 5.82. The third-order valence-corrected chi connectivity index (χ3v) is 5.73. The quantitative estimate of drug-likeness (QED) is 0.747. The maximum atomic E-state index is 12.7. The van der Waals surface area contributed by atoms with Crippen LogP contribution in [-0.4, -0.2) is 68.4 Å². The molecule has 1 aliphatic heterocycles. The zero-order valence-corrected chi connectivity index (χ0v) is 20.2. The van der Waals surface area contributed by atoms with E-state index in [9.17, 15) is 9.59 Å². The van der Waals surface area contributed by atoms with Crippen LogP contribution in [0.25, 0.3) is 0 Å². The molecule has 0 fully saturated rings. The first-order valence-corrected chi connectivity index (χ1v) is 11.8. The minimum absolute atomic E-state index is 0.0550. The van der Waals surface area contributed by atoms with Crippen molar-refractivity contribution in [3.05, 3.63) is 29.3 Å². The summed E-state index contributed by atoms with van der Waals surface area (Å²) in [6.45, 7) is 11.1. The van der Waals surface area contributed by atoms with Gasteiger partial charge in [0.1, 0.15) is 0 Å². The number of likely N-dealkylation sites (N-methyl/N-ethyl adjacent to an activating group) is 1. The highest BCUT2D eigenvalue weighted by Gasteiger charge is 2.20. The van der Waals surface area contributed by atoms with Crippen molar-refractivity contribution in [2.24, 2.45) is 5.92 Å². The van der Waals surface area contributed by atoms with Gasteiger partial charge < -0.3 is 15.1 Å². The van der Waals surface area contributed by atoms with Crippen molar-refractivity contribution < 1.29 is 9.59 Å². The lowest BCUT2D eigenvalue weighted by Crippen LogP contribution is -2.34. The van der Waals surface area contributed by atoms with Crippen molar-refractivity contribution in [2.75, 3.05) is 51.7 Å². The van der Waals surface area contributed by atoms with E-state index in [1.165, 1.54) is 19.3 Å². The summed E-state index contributed by atoms with van der Waals surface area (Å²) in [6, 6.07) is 5.82. The molecule has 0 atom stereocenters. The molecule has 1 N–H and O–H groups in total. The highest BCUT2D eigenvalue weighted by Crippen LogP contribution is 2.26. The second kappa shape index (κ2) is 12.8. The van der Waals surface area contributed by atoms with Gasteiger partial charge in [0.05, 0.1) is 0 Å². The number of amides is 2. The second-order valence-corrected chi connectivity index (χ2v) is 9.47. The van der Waals surface area contributed by atoms with E-state index in [-0.39, 0.29) is 11.8 Å². The largest absolute Gasteiger partial charge is 0.351 e. The van der Waals surface area contributed by atoms with E-state index >= 15 is 0 Å². The van der Waals surface area contributed by atoms with Crippen LogP contribution in [0.2, 0.25) is 0 Å². The summed E-state index contributed by atoms with van der Waals surface area (Å²) in [4.78, 5) is 31.7. The Morgan fingerprint density at radius 2 is 1.74 bits per heavy atom. The number of rotatable bonds is 6. The number of hydrogen-bond acceptors (Lipinski definition) is 4. The fraction of sp³-hybridized carbons (Fsp3) is 0.680. The van der Waals surface area contributed by atoms with E-state index in [1.54, 1.807) is 6.92 Å². The van der Waals surface area contributed by atoms with Crippen molar-refractivity contribution in [3.63, 3.8) is 0 Å². The SMILES string of the molecule is CC(=O)N1CCCCCCCN(CC(C)C)Cc2cc(C(=O)NCCN(C)C)ccc21. The molecule has 0 unspecified atom stereocenters. The van der Waals surface area contributed by atoms with Crippen LogP contribution in [0.1, 0.15) is 68.8 Å². The molecule has 31 heavy (non-hydrogen) atoms. The van der Waals surface area contributed by atoms with E-state index < -0.39 is 0 Å². The van der Waals surface area contributed by atoms with Gasteiger partial charge in [-0.25, -0.2) is 0 Å². The lowest BCUT2D eigenvalue weighted by Gasteiger charge is -2.30. The Morgan fingerprint density at radius 1 is 1.06 bits per heavy atom. The highest BCUT2D eigenvalue weighted by atomic mass is 16.2. The number of carbonyl (C=O) groups is 2. The molecule has 174 valence electrons. The predicted octanol–water partition coefficient (Wildman–Crippen LogP) is 3.75. The molecule has 6 heteroatoms. The first kappa shape index (κ1) is 25.3. The summed E-state index contributed by atoms with van der Waals surface area (Å²) in [7, 11) is 3.99. The number of hydrogen-bond donors (Lipinski definition) is 1. The Labute approximate surface area is 189 Å². The number of carbonyl (C=O) groups excluding carboxylic acids is 2. The molecular formula is C25H42N4O2. The van der Waals surface area contributed by atoms with Crippen molar-refractivity contribution in [3.8, 4) is 0 Å². The summed E-state index contributed by atoms with van der Waals surface area (Å²) in [5.74, 6) is 0.579. The van der Waals surface area contributed by atoms with E-state index in [1.807, 2.05) is 42.1 Å². The van der Waals surface area contributed by atoms with E-state index in [4.69, 9.17) is 0 Å². The van der Waals surface area contributed by atoms with Gasteiger partial charge in [-0.15, -0.1) is 0 Å². The highest BCUT2D eigenvalue weighted by molar-refractivity contribution is 5.97. The molecule has 6 nitrogen and oxygen atoms in total. The molecule has 1 aromatic rings. The van der Waals surface area contributed by atoms with Gasteiger partial charge in [0, 0.05) is 50.9 Å². The minimum Gasteiger partial charge on any atom is -0.351 e. The summed E-state index contributed by atoms with van der Waals surface area (Å²) < 4.78 is 0. The smallest absolute Gasteiger partial charge is 0.251 e. The summed E-state index contributed by atoms with van der Waals surface area (Å²) in [5.41, 5.74) is 2.68. The van der Waals surface area contributed by atoms with Crippen molar-refractivity contribution in [1.29, 1.82) is 0 Å². The Hall–Kier alpha value is -1.92. The van der Waals surface area contributed by atoms with Crippen LogP contribution in [0.5, 0.6) is 0 Å². The molecule has 1 aliphatic rings. The summed E-state index contributed by atoms with van der Waals surface area (Å²) in [5, 5.41) is 3.01. The van der Waals surface area contributed by atoms with Gasteiger partial charge in [-0.05, 0) is 63.2 Å². The molecule has 0 aromatic heterocycles. The lowest BCUT2D eigenvalue weighted by molar-refractivity contribution is -0.116. The zero-order valence-electron chi connectivity index (χ0n) is 20.2. The minimum atomic E-state index is -0.0550. The van der Waals surface area contributed by atoms with Gasteiger partial charge in [-0.2, -0.15) is 0 Å². The van der Waals surface area contributed by atoms with Crippen LogP contribution < -0.4 is 10.2 Å². The Kier molecular flexibility index (Phi) is 10.5. The maximum Gasteiger partial charge on any atom is 0.251 e. The molecule has 0 spiro atoms. The van der Waals surface area contributed by atoms with Crippen LogP contribution in [-0.2, 0) is 11.3 Å². The standard InChI is InChI=1S/C25H42N4O2/c1-20(2)18-28-14-9-7-6-8-10-15-29(21(3)30)24-12-11-22(17-23(24)19-28)25(31)26-13-16-27(4)5/h11-12,17,20H,6-10,13-16,18-19H2,1-5H3,(H,26,31). The first-order valence-electron chi connectivity index (χ1n) is 11.8. The van der Waals surface area contributed by atoms with Crippen LogP contribution in [0.3, 0.4) is 0 Å². The Balaban J connectivity index is 2.35. The van der Waals surface area contributed by atoms with Gasteiger partial charge in [-0.1, -0.05) is 33.1 Å². The normalized spacial score (nSPS) is 16.5. The van der Waals surface area contributed by atoms with Crippen LogP contribution >= 0.6 is 0 Å². The third-order valence-electron chi connectivity index (χ3n) is 5.73. The van der Waals surface area contributed by atoms with E-state index in [0.29, 0.717) is 18.0 Å². The number of nitrogens with one attached hydrogen (secondary N) is 1. The predicted molar refractivity (Wildman–Crippen MR) is 129 cm³/mol. The maximum absolute atomic E-state index is 12.7. The summed E-state index contributed by atoms with van der Waals surface area (Å²) >= 11 is 0. The fourth-order valence-corrected chi connectivity index (χ4v) is 4.19. The molecule has 0 saturated carbocycles. The topological polar surface area (TPSA) is 55.9 Å². The number of nitrogens with zero attached hydrogens (tertiary/aromatic N) is 3. The van der Waals surface area contributed by atoms with Crippen molar-refractivity contribution in [1.82, 2.24) is 15.1 Å². The molecule has 0 saturated heterocycles. The fourth-order valence-electron chi connectivity index (χ4n) is 4.19. The molecule has 0 radical (unpaired) electrons. The van der Waals surface area contributed by atoms with Gasteiger partial charge in [0.2, 0.25) is 5.91 Å². The van der Waals surface area contributed by atoms with Crippen molar-refractivity contribution >= 4 is 17.5 Å². The van der Waals surface area contributed by atoms with Crippen LogP contribution in [0, 0.1) is 5.92 Å². The molecule has 1 heterocycles. The third kappa shape index (κ3) is 8.62. The Morgan fingerprint density at radius 3 is 2.39 bits per heavy atom. The van der Waals surface area contributed by atoms with E-state index in [2.05, 4.69) is 24.1 Å². The number of benzene rings is 1. The van der Waals surface area contributed by atoms with Crippen LogP contribution in [0.15, 0.2) is 18.2 Å². The number of anilines is 1. The molecule has 0 bridgehead atoms. The average molecular weight is 431 g/mol. The van der Waals surface area contributed by atoms with Gasteiger partial charge in [0.25, 0.3) is 5.91 Å². The molecule has 0 aliphatic carbocycles. The molecule has 1 aromatic carbocycles. The molecule has 2 rings (SSSR count). The van der Waals surface area contributed by atoms with Crippen LogP contribution in [0.4, 0.5) is 5.69 Å². The van der Waals surface area contributed by atoms with Gasteiger partial charge in [0.15, 0.2) is 0 Å². The van der Waals surface area contributed by atoms with Gasteiger partial charge >= 0.3 is 0 Å². The van der Waals surface area contributed by atoms with Crippen molar-refractivity contribution in [2.45, 2.75) is 59.4 Å². The average Bonchev–Trinajstić information content (AvgIpc) is 2.68. The zero-order chi connectivity index (χ0) is 22.8. The first-order chi connectivity index (χ1) is 14.8.